The van der Waals surface area contributed by atoms with E-state index in [4.69, 9.17) is 38.3 Å². The number of fused-ring (bicyclic) bond motifs is 3. The maximum atomic E-state index is 12.7. The molecule has 0 heterocycles. The maximum absolute atomic E-state index is 12.7. The summed E-state index contributed by atoms with van der Waals surface area (Å²) in [4.78, 5) is 39.6. The van der Waals surface area contributed by atoms with Crippen LogP contribution in [0.25, 0.3) is 11.1 Å². The number of carbonyl (C=O) groups excluding carboxylic acids is 2. The van der Waals surface area contributed by atoms with E-state index >= 15 is 0 Å². The molecule has 0 fully saturated rings. The molecule has 0 unspecified atom stereocenters. The molecule has 70 heavy (non-hydrogen) atoms. The summed E-state index contributed by atoms with van der Waals surface area (Å²) in [6.07, 6.45) is -0.143. The smallest absolute Gasteiger partial charge is 0.303 e. The topological polar surface area (TPSA) is 196 Å². The van der Waals surface area contributed by atoms with Gasteiger partial charge in [-0.3, -0.25) is 19.4 Å². The molecule has 15 nitrogen and oxygen atoms in total. The Kier molecular flexibility index (Phi) is 22.5. The monoisotopic (exact) mass is 976 g/mol. The van der Waals surface area contributed by atoms with Crippen molar-refractivity contribution >= 4 is 35.6 Å². The van der Waals surface area contributed by atoms with Crippen LogP contribution in [0.15, 0.2) is 138 Å². The van der Waals surface area contributed by atoms with Crippen LogP contribution in [-0.2, 0) is 47.6 Å². The van der Waals surface area contributed by atoms with Gasteiger partial charge >= 0.3 is 5.97 Å². The number of rotatable bonds is 33. The van der Waals surface area contributed by atoms with E-state index in [1.54, 1.807) is 11.8 Å². The first-order valence-corrected chi connectivity index (χ1v) is 24.5. The first kappa shape index (κ1) is 53.1. The molecule has 0 radical (unpaired) electrons. The van der Waals surface area contributed by atoms with Crippen LogP contribution >= 0.6 is 11.8 Å². The molecular weight excluding hydrogens is 915 g/mol. The van der Waals surface area contributed by atoms with Gasteiger partial charge < -0.3 is 54.0 Å². The number of carboxylic acids is 1. The van der Waals surface area contributed by atoms with Crippen LogP contribution in [0, 0.1) is 0 Å². The van der Waals surface area contributed by atoms with Gasteiger partial charge in [-0.25, -0.2) is 0 Å². The second-order valence-electron chi connectivity index (χ2n) is 16.0. The molecule has 0 aliphatic heterocycles. The van der Waals surface area contributed by atoms with Crippen LogP contribution in [0.4, 0.5) is 0 Å². The van der Waals surface area contributed by atoms with E-state index in [1.807, 2.05) is 84.9 Å². The molecule has 372 valence electrons. The maximum Gasteiger partial charge on any atom is 0.303 e. The summed E-state index contributed by atoms with van der Waals surface area (Å²) in [6, 6.07) is 44.7. The molecule has 0 saturated heterocycles. The number of benzene rings is 5. The van der Waals surface area contributed by atoms with Crippen molar-refractivity contribution in [3.8, 4) is 16.9 Å². The zero-order chi connectivity index (χ0) is 49.1. The minimum Gasteiger partial charge on any atom is -0.599 e. The summed E-state index contributed by atoms with van der Waals surface area (Å²) in [5.74, 6) is -0.117. The average Bonchev–Trinajstić information content (AvgIpc) is 3.71. The van der Waals surface area contributed by atoms with Crippen molar-refractivity contribution in [1.82, 2.24) is 10.6 Å². The Labute approximate surface area is 413 Å². The number of carboxylic acid groups (broad SMARTS) is 1. The Morgan fingerprint density at radius 2 is 1.09 bits per heavy atom. The summed E-state index contributed by atoms with van der Waals surface area (Å²) >= 11 is 1.71. The number of aliphatic imine (C=N–C) groups is 1. The van der Waals surface area contributed by atoms with Crippen LogP contribution in [0.2, 0.25) is 0 Å². The van der Waals surface area contributed by atoms with Gasteiger partial charge in [0.2, 0.25) is 11.8 Å². The second-order valence-corrected chi connectivity index (χ2v) is 17.3. The fraction of sp³-hybridized carbons (Fsp3) is 0.370. The second kappa shape index (κ2) is 29.7. The van der Waals surface area contributed by atoms with Crippen molar-refractivity contribution in [1.29, 1.82) is 0 Å². The van der Waals surface area contributed by atoms with Crippen LogP contribution in [0.5, 0.6) is 5.75 Å². The third-order valence-corrected chi connectivity index (χ3v) is 12.7. The summed E-state index contributed by atoms with van der Waals surface area (Å²) in [6.45, 7) is 3.35. The van der Waals surface area contributed by atoms with Gasteiger partial charge in [0.15, 0.2) is 0 Å². The fourth-order valence-corrected chi connectivity index (χ4v) is 9.30. The number of ether oxygens (including phenoxy) is 7. The van der Waals surface area contributed by atoms with Crippen molar-refractivity contribution in [3.05, 3.63) is 161 Å². The fourth-order valence-electron chi connectivity index (χ4n) is 7.88. The summed E-state index contributed by atoms with van der Waals surface area (Å²) in [5.41, 5.74) is 7.83. The highest BCUT2D eigenvalue weighted by Gasteiger charge is 2.37. The molecule has 0 spiro atoms. The molecule has 0 aromatic heterocycles. The van der Waals surface area contributed by atoms with E-state index in [-0.39, 0.29) is 83.6 Å². The Bertz CT molecular complexity index is 2290. The number of aliphatic carboxylic acids is 1. The first-order chi connectivity index (χ1) is 34.3. The summed E-state index contributed by atoms with van der Waals surface area (Å²) < 4.78 is 38.1. The molecule has 6 rings (SSSR count). The molecule has 5 aromatic rings. The Balaban J connectivity index is 0.756. The molecule has 5 aromatic carbocycles. The Morgan fingerprint density at radius 1 is 0.586 bits per heavy atom. The van der Waals surface area contributed by atoms with Gasteiger partial charge in [-0.05, 0) is 57.5 Å². The van der Waals surface area contributed by atoms with E-state index in [0.717, 1.165) is 27.8 Å². The van der Waals surface area contributed by atoms with E-state index in [0.29, 0.717) is 57.4 Å². The molecule has 3 N–H and O–H groups in total. The van der Waals surface area contributed by atoms with Crippen LogP contribution in [-0.4, -0.2) is 134 Å². The Hall–Kier alpha value is -6.27. The van der Waals surface area contributed by atoms with Gasteiger partial charge in [0, 0.05) is 37.8 Å². The van der Waals surface area contributed by atoms with Gasteiger partial charge in [-0.2, -0.15) is 0 Å². The quantitative estimate of drug-likeness (QED) is 0.0197. The third kappa shape index (κ3) is 16.7. The standard InChI is InChI=1S/C54H63N3O12S/c58-50(55-25-29-63-31-32-64-30-26-57-53(62)69-38-49-47-18-9-7-16-45(47)46-17-8-10-19-48(46)49)39-66-35-33-65-34-36-67-40-51(59)56-27-37-70-54(41-12-3-1-4-13-41,42-14-5-2-6-15-42)43-21-23-44(24-22-43)68-28-11-20-52(60)61/h1-10,12-19,21-24,49H,11,20,25-40H2,(H,55,58)(H,56,59)(H,57,62)(H,60,61)/p-1. The lowest BCUT2D eigenvalue weighted by Crippen LogP contribution is -2.32. The molecule has 1 aliphatic carbocycles. The largest absolute Gasteiger partial charge is 0.599 e. The van der Waals surface area contributed by atoms with Gasteiger partial charge in [0.25, 0.3) is 0 Å². The van der Waals surface area contributed by atoms with Crippen molar-refractivity contribution in [2.24, 2.45) is 4.99 Å². The van der Waals surface area contributed by atoms with E-state index in [9.17, 15) is 19.5 Å². The number of nitrogens with one attached hydrogen (secondary N) is 2. The van der Waals surface area contributed by atoms with E-state index in [2.05, 4.69) is 64.2 Å². The van der Waals surface area contributed by atoms with Gasteiger partial charge in [-0.15, -0.1) is 11.8 Å². The normalized spacial score (nSPS) is 12.3. The van der Waals surface area contributed by atoms with Gasteiger partial charge in [0.1, 0.15) is 25.0 Å². The van der Waals surface area contributed by atoms with Crippen molar-refractivity contribution in [2.75, 3.05) is 105 Å². The lowest BCUT2D eigenvalue weighted by atomic mass is 9.84. The number of hydrogen-bond acceptors (Lipinski definition) is 13. The van der Waals surface area contributed by atoms with Crippen molar-refractivity contribution in [2.45, 2.75) is 23.5 Å². The average molecular weight is 977 g/mol. The summed E-state index contributed by atoms with van der Waals surface area (Å²) in [7, 11) is 0. The molecule has 16 heteroatoms. The molecule has 0 atom stereocenters. The first-order valence-electron chi connectivity index (χ1n) is 23.5. The highest BCUT2D eigenvalue weighted by Crippen LogP contribution is 2.49. The SMILES string of the molecule is O=C(O)CCCOc1ccc(C(SCCNC(=O)COCCOCCOCC(=O)NCCOCCOCCN=C([O-])OCC2c3ccccc3-c3ccccc32)(c2ccccc2)c2ccccc2)cc1. The van der Waals surface area contributed by atoms with Crippen molar-refractivity contribution < 1.29 is 57.8 Å². The van der Waals surface area contributed by atoms with E-state index < -0.39 is 16.8 Å². The van der Waals surface area contributed by atoms with Gasteiger partial charge in [-0.1, -0.05) is 121 Å². The Morgan fingerprint density at radius 3 is 1.67 bits per heavy atom. The number of nitrogens with zero attached hydrogens (tertiary/aromatic N) is 1. The zero-order valence-electron chi connectivity index (χ0n) is 39.3. The van der Waals surface area contributed by atoms with Gasteiger partial charge in [0.05, 0.1) is 70.8 Å². The number of hydrogen-bond donors (Lipinski definition) is 3. The van der Waals surface area contributed by atoms with Crippen LogP contribution < -0.4 is 20.5 Å². The highest BCUT2D eigenvalue weighted by atomic mass is 32.2. The number of thioether (sulfide) groups is 1. The lowest BCUT2D eigenvalue weighted by molar-refractivity contribution is -0.251. The number of amides is 2. The number of carbonyl (C=O) groups is 3. The molecule has 0 bridgehead atoms. The lowest BCUT2D eigenvalue weighted by Gasteiger charge is -2.35. The molecule has 0 saturated carbocycles. The third-order valence-electron chi connectivity index (χ3n) is 11.1. The summed E-state index contributed by atoms with van der Waals surface area (Å²) in [5, 5.41) is 26.9. The molecule has 2 amide bonds. The highest BCUT2D eigenvalue weighted by molar-refractivity contribution is 8.00. The van der Waals surface area contributed by atoms with E-state index in [1.165, 1.54) is 11.1 Å². The minimum atomic E-state index is -0.849. The van der Waals surface area contributed by atoms with Crippen molar-refractivity contribution in [3.63, 3.8) is 0 Å². The molecule has 1 aliphatic rings. The predicted molar refractivity (Wildman–Crippen MR) is 266 cm³/mol. The van der Waals surface area contributed by atoms with Crippen LogP contribution in [0.1, 0.15) is 46.6 Å². The predicted octanol–water partition coefficient (Wildman–Crippen LogP) is 5.82. The van der Waals surface area contributed by atoms with Crippen LogP contribution in [0.3, 0.4) is 0 Å². The minimum absolute atomic E-state index is 0.0175. The molecular formula is C54H62N3O12S-. The zero-order valence-corrected chi connectivity index (χ0v) is 40.1.